The summed E-state index contributed by atoms with van der Waals surface area (Å²) in [6.07, 6.45) is 0. The van der Waals surface area contributed by atoms with Gasteiger partial charge in [-0.15, -0.1) is 0 Å². The molecule has 1 heterocycles. The van der Waals surface area contributed by atoms with Gasteiger partial charge in [0.05, 0.1) is 0 Å². The second-order valence-electron chi connectivity index (χ2n) is 3.12. The minimum Gasteiger partial charge on any atom is -0.336 e. The van der Waals surface area contributed by atoms with Gasteiger partial charge < -0.3 is 4.32 Å². The average molecular weight is 114 g/mol. The number of hydrogen-bond acceptors (Lipinski definition) is 0. The molecule has 2 atom stereocenters. The van der Waals surface area contributed by atoms with E-state index in [-0.39, 0.29) is 0 Å². The second kappa shape index (κ2) is 1.75. The Bertz CT molecular complexity index is 77.8. The topological polar surface area (TPSA) is 0 Å². The van der Waals surface area contributed by atoms with Gasteiger partial charge in [0, 0.05) is 0 Å². The summed E-state index contributed by atoms with van der Waals surface area (Å²) in [5.41, 5.74) is 0. The Morgan fingerprint density at radius 1 is 1.50 bits per heavy atom. The molecule has 0 saturated carbocycles. The molecule has 0 N–H and O–H groups in total. The average Bonchev–Trinajstić information content (AvgIpc) is 2.15. The Balaban J connectivity index is 2.33. The van der Waals surface area contributed by atoms with E-state index in [2.05, 4.69) is 13.8 Å². The van der Waals surface area contributed by atoms with E-state index in [1.165, 1.54) is 0 Å². The molecular formula is C6H12BF. The molecule has 0 aromatic rings. The molecular weight excluding hydrogens is 102 g/mol. The van der Waals surface area contributed by atoms with Crippen molar-refractivity contribution in [2.45, 2.75) is 32.4 Å². The minimum absolute atomic E-state index is 0.343. The Kier molecular flexibility index (Phi) is 1.34. The molecule has 0 aromatic carbocycles. The zero-order valence-electron chi connectivity index (χ0n) is 5.69. The van der Waals surface area contributed by atoms with Crippen LogP contribution in [-0.4, -0.2) is 6.99 Å². The van der Waals surface area contributed by atoms with Crippen molar-refractivity contribution in [2.75, 3.05) is 0 Å². The maximum Gasteiger partial charge on any atom is 0.353 e. The maximum atomic E-state index is 12.4. The Morgan fingerprint density at radius 3 is 1.88 bits per heavy atom. The van der Waals surface area contributed by atoms with E-state index in [4.69, 9.17) is 0 Å². The smallest absolute Gasteiger partial charge is 0.336 e. The first-order chi connectivity index (χ1) is 3.64. The van der Waals surface area contributed by atoms with Gasteiger partial charge in [0.1, 0.15) is 0 Å². The van der Waals surface area contributed by atoms with Gasteiger partial charge in [0.25, 0.3) is 0 Å². The molecule has 1 aliphatic heterocycles. The molecule has 46 valence electrons. The van der Waals surface area contributed by atoms with Crippen molar-refractivity contribution >= 4 is 6.99 Å². The van der Waals surface area contributed by atoms with Crippen LogP contribution in [0.3, 0.4) is 0 Å². The first-order valence-electron chi connectivity index (χ1n) is 3.28. The van der Waals surface area contributed by atoms with E-state index in [1.54, 1.807) is 0 Å². The summed E-state index contributed by atoms with van der Waals surface area (Å²) in [6.45, 7) is 5.66. The van der Waals surface area contributed by atoms with Crippen LogP contribution in [0, 0.1) is 5.92 Å². The lowest BCUT2D eigenvalue weighted by Crippen LogP contribution is -1.87. The number of halogens is 1. The van der Waals surface area contributed by atoms with Crippen LogP contribution >= 0.6 is 0 Å². The monoisotopic (exact) mass is 114 g/mol. The highest BCUT2D eigenvalue weighted by Crippen LogP contribution is 2.54. The van der Waals surface area contributed by atoms with E-state index >= 15 is 0 Å². The van der Waals surface area contributed by atoms with Gasteiger partial charge in [-0.25, -0.2) is 0 Å². The summed E-state index contributed by atoms with van der Waals surface area (Å²) in [7, 11) is 0. The first-order valence-corrected chi connectivity index (χ1v) is 3.28. The highest BCUT2D eigenvalue weighted by atomic mass is 19.1. The van der Waals surface area contributed by atoms with Gasteiger partial charge in [-0.1, -0.05) is 20.8 Å². The molecule has 2 heteroatoms. The van der Waals surface area contributed by atoms with Crippen LogP contribution in [0.5, 0.6) is 0 Å². The predicted molar refractivity (Wildman–Crippen MR) is 34.9 cm³/mol. The molecule has 1 rings (SSSR count). The molecule has 1 saturated heterocycles. The van der Waals surface area contributed by atoms with Crippen molar-refractivity contribution in [3.8, 4) is 0 Å². The third kappa shape index (κ3) is 0.764. The highest BCUT2D eigenvalue weighted by molar-refractivity contribution is 6.67. The lowest BCUT2D eigenvalue weighted by molar-refractivity contribution is 0.631. The molecule has 2 unspecified atom stereocenters. The lowest BCUT2D eigenvalue weighted by Gasteiger charge is -1.97. The maximum absolute atomic E-state index is 12.4. The summed E-state index contributed by atoms with van der Waals surface area (Å²) in [5, 5.41) is 0. The van der Waals surface area contributed by atoms with Gasteiger partial charge in [0.15, 0.2) is 0 Å². The molecule has 0 nitrogen and oxygen atoms in total. The molecule has 1 fully saturated rings. The van der Waals surface area contributed by atoms with Crippen molar-refractivity contribution in [2.24, 2.45) is 5.92 Å². The molecule has 1 aliphatic rings. The molecule has 0 aromatic heterocycles. The quantitative estimate of drug-likeness (QED) is 0.459. The predicted octanol–water partition coefficient (Wildman–Crippen LogP) is 2.38. The molecule has 0 aliphatic carbocycles. The van der Waals surface area contributed by atoms with E-state index < -0.39 is 6.99 Å². The zero-order valence-corrected chi connectivity index (χ0v) is 5.69. The van der Waals surface area contributed by atoms with Crippen molar-refractivity contribution in [1.82, 2.24) is 0 Å². The van der Waals surface area contributed by atoms with Crippen LogP contribution < -0.4 is 0 Å². The van der Waals surface area contributed by atoms with Gasteiger partial charge in [-0.2, -0.15) is 0 Å². The molecule has 0 spiro atoms. The standard InChI is InChI=1S/C6H12BF/c1-4(2)6-5(3)7(6)8/h4-6H,1-3H3. The Morgan fingerprint density at radius 2 is 1.88 bits per heavy atom. The second-order valence-corrected chi connectivity index (χ2v) is 3.12. The number of hydrogen-bond donors (Lipinski definition) is 0. The van der Waals surface area contributed by atoms with Crippen molar-refractivity contribution in [3.05, 3.63) is 0 Å². The van der Waals surface area contributed by atoms with Crippen LogP contribution in [-0.2, 0) is 0 Å². The fraction of sp³-hybridized carbons (Fsp3) is 1.00. The highest BCUT2D eigenvalue weighted by Gasteiger charge is 2.54. The van der Waals surface area contributed by atoms with E-state index in [9.17, 15) is 4.32 Å². The van der Waals surface area contributed by atoms with Crippen LogP contribution in [0.1, 0.15) is 20.8 Å². The normalized spacial score (nSPS) is 36.4. The van der Waals surface area contributed by atoms with Crippen LogP contribution in [0.2, 0.25) is 11.6 Å². The van der Waals surface area contributed by atoms with Crippen LogP contribution in [0.25, 0.3) is 0 Å². The minimum atomic E-state index is -0.491. The molecule has 0 amide bonds. The lowest BCUT2D eigenvalue weighted by atomic mass is 9.88. The fourth-order valence-corrected chi connectivity index (χ4v) is 1.42. The van der Waals surface area contributed by atoms with E-state index in [0.717, 1.165) is 0 Å². The summed E-state index contributed by atoms with van der Waals surface area (Å²) in [4.78, 5) is 0. The van der Waals surface area contributed by atoms with Gasteiger partial charge >= 0.3 is 6.99 Å². The largest absolute Gasteiger partial charge is 0.353 e. The van der Waals surface area contributed by atoms with Crippen molar-refractivity contribution in [3.63, 3.8) is 0 Å². The third-order valence-electron chi connectivity index (χ3n) is 2.11. The molecule has 8 heavy (non-hydrogen) atoms. The summed E-state index contributed by atoms with van der Waals surface area (Å²) in [5.74, 6) is 1.25. The summed E-state index contributed by atoms with van der Waals surface area (Å²) in [6, 6.07) is 0. The number of rotatable bonds is 1. The summed E-state index contributed by atoms with van der Waals surface area (Å²) < 4.78 is 12.4. The Labute approximate surface area is 50.6 Å². The van der Waals surface area contributed by atoms with Crippen molar-refractivity contribution < 1.29 is 4.32 Å². The van der Waals surface area contributed by atoms with Crippen LogP contribution in [0.15, 0.2) is 0 Å². The van der Waals surface area contributed by atoms with Gasteiger partial charge in [-0.3, -0.25) is 0 Å². The third-order valence-corrected chi connectivity index (χ3v) is 2.11. The SMILES string of the molecule is CC(C)C1B(F)C1C. The van der Waals surface area contributed by atoms with Gasteiger partial charge in [-0.05, 0) is 17.6 Å². The van der Waals surface area contributed by atoms with E-state index in [0.29, 0.717) is 17.6 Å². The molecule has 0 radical (unpaired) electrons. The molecule has 0 bridgehead atoms. The Hall–Kier alpha value is -0.00506. The summed E-state index contributed by atoms with van der Waals surface area (Å²) >= 11 is 0. The van der Waals surface area contributed by atoms with Crippen LogP contribution in [0.4, 0.5) is 4.32 Å². The zero-order chi connectivity index (χ0) is 6.31. The van der Waals surface area contributed by atoms with Crippen molar-refractivity contribution in [1.29, 1.82) is 0 Å². The van der Waals surface area contributed by atoms with Gasteiger partial charge in [0.2, 0.25) is 0 Å². The van der Waals surface area contributed by atoms with E-state index in [1.807, 2.05) is 6.92 Å². The first kappa shape index (κ1) is 6.12. The fourth-order valence-electron chi connectivity index (χ4n) is 1.42.